The molecule has 0 N–H and O–H groups in total. The van der Waals surface area contributed by atoms with Gasteiger partial charge in [-0.1, -0.05) is 36.4 Å². The molecule has 2 aromatic rings. The third-order valence-electron chi connectivity index (χ3n) is 4.04. The number of ketones is 1. The van der Waals surface area contributed by atoms with Crippen molar-refractivity contribution < 1.29 is 14.3 Å². The van der Waals surface area contributed by atoms with Crippen molar-refractivity contribution in [2.75, 3.05) is 7.11 Å². The average molecular weight is 268 g/mol. The van der Waals surface area contributed by atoms with Crippen molar-refractivity contribution in [1.82, 2.24) is 0 Å². The normalized spacial score (nSPS) is 20.7. The van der Waals surface area contributed by atoms with Crippen LogP contribution in [0.15, 0.2) is 36.4 Å². The standard InChI is InChI=1S/C17H16O3/c1-10-7-8-13(12-6-4-3-5-11(10)12)16(18)14-9-15(14)17(19)20-2/h3-8,14-15H,9H2,1-2H3/t14-,15+/m1/s1. The molecule has 1 fully saturated rings. The molecule has 0 heterocycles. The first-order chi connectivity index (χ1) is 9.63. The number of fused-ring (bicyclic) bond motifs is 1. The summed E-state index contributed by atoms with van der Waals surface area (Å²) >= 11 is 0. The zero-order chi connectivity index (χ0) is 14.3. The second-order valence-corrected chi connectivity index (χ2v) is 5.31. The molecule has 0 saturated heterocycles. The summed E-state index contributed by atoms with van der Waals surface area (Å²) in [4.78, 5) is 24.0. The summed E-state index contributed by atoms with van der Waals surface area (Å²) < 4.78 is 4.71. The molecule has 102 valence electrons. The zero-order valence-electron chi connectivity index (χ0n) is 11.6. The maximum Gasteiger partial charge on any atom is 0.309 e. The molecule has 0 bridgehead atoms. The number of benzene rings is 2. The lowest BCUT2D eigenvalue weighted by Gasteiger charge is -2.08. The van der Waals surface area contributed by atoms with E-state index >= 15 is 0 Å². The molecule has 2 atom stereocenters. The number of aryl methyl sites for hydroxylation is 1. The van der Waals surface area contributed by atoms with Crippen LogP contribution < -0.4 is 0 Å². The van der Waals surface area contributed by atoms with Gasteiger partial charge < -0.3 is 4.74 Å². The summed E-state index contributed by atoms with van der Waals surface area (Å²) in [5.41, 5.74) is 1.86. The SMILES string of the molecule is COC(=O)[C@H]1C[C@H]1C(=O)c1ccc(C)c2ccccc12. The Kier molecular flexibility index (Phi) is 3.05. The highest BCUT2D eigenvalue weighted by Gasteiger charge is 2.49. The highest BCUT2D eigenvalue weighted by molar-refractivity contribution is 6.12. The van der Waals surface area contributed by atoms with Crippen LogP contribution in [0.1, 0.15) is 22.3 Å². The minimum Gasteiger partial charge on any atom is -0.469 e. The number of carbonyl (C=O) groups is 2. The monoisotopic (exact) mass is 268 g/mol. The molecule has 0 spiro atoms. The van der Waals surface area contributed by atoms with Crippen LogP contribution in [0.25, 0.3) is 10.8 Å². The Morgan fingerprint density at radius 3 is 2.45 bits per heavy atom. The Balaban J connectivity index is 1.98. The van der Waals surface area contributed by atoms with Gasteiger partial charge in [-0.25, -0.2) is 0 Å². The van der Waals surface area contributed by atoms with Crippen molar-refractivity contribution in [3.63, 3.8) is 0 Å². The lowest BCUT2D eigenvalue weighted by atomic mass is 9.96. The van der Waals surface area contributed by atoms with Gasteiger partial charge in [0.25, 0.3) is 0 Å². The van der Waals surface area contributed by atoms with Gasteiger partial charge in [-0.15, -0.1) is 0 Å². The van der Waals surface area contributed by atoms with Crippen LogP contribution in [0.5, 0.6) is 0 Å². The van der Waals surface area contributed by atoms with Gasteiger partial charge in [0.15, 0.2) is 5.78 Å². The second kappa shape index (κ2) is 4.75. The van der Waals surface area contributed by atoms with Crippen LogP contribution in [-0.4, -0.2) is 18.9 Å². The minimum atomic E-state index is -0.278. The third-order valence-corrected chi connectivity index (χ3v) is 4.04. The summed E-state index contributed by atoms with van der Waals surface area (Å²) in [7, 11) is 1.36. The summed E-state index contributed by atoms with van der Waals surface area (Å²) in [6, 6.07) is 11.7. The van der Waals surface area contributed by atoms with E-state index in [4.69, 9.17) is 4.74 Å². The first kappa shape index (κ1) is 12.9. The summed E-state index contributed by atoms with van der Waals surface area (Å²) in [6.07, 6.45) is 0.605. The van der Waals surface area contributed by atoms with E-state index in [1.807, 2.05) is 43.3 Å². The van der Waals surface area contributed by atoms with Gasteiger partial charge in [0, 0.05) is 11.5 Å². The van der Waals surface area contributed by atoms with E-state index in [0.29, 0.717) is 12.0 Å². The zero-order valence-corrected chi connectivity index (χ0v) is 11.6. The van der Waals surface area contributed by atoms with Gasteiger partial charge in [0.2, 0.25) is 0 Å². The smallest absolute Gasteiger partial charge is 0.309 e. The second-order valence-electron chi connectivity index (χ2n) is 5.31. The molecule has 3 nitrogen and oxygen atoms in total. The van der Waals surface area contributed by atoms with E-state index in [1.165, 1.54) is 7.11 Å². The summed E-state index contributed by atoms with van der Waals surface area (Å²) in [5, 5.41) is 2.06. The molecule has 0 aromatic heterocycles. The molecular weight excluding hydrogens is 252 g/mol. The van der Waals surface area contributed by atoms with Crippen molar-refractivity contribution in [1.29, 1.82) is 0 Å². The lowest BCUT2D eigenvalue weighted by molar-refractivity contribution is -0.142. The number of methoxy groups -OCH3 is 1. The fourth-order valence-electron chi connectivity index (χ4n) is 2.76. The van der Waals surface area contributed by atoms with Crippen LogP contribution in [0, 0.1) is 18.8 Å². The van der Waals surface area contributed by atoms with Crippen molar-refractivity contribution in [3.8, 4) is 0 Å². The Morgan fingerprint density at radius 2 is 1.75 bits per heavy atom. The van der Waals surface area contributed by atoms with Crippen molar-refractivity contribution >= 4 is 22.5 Å². The molecule has 1 aliphatic carbocycles. The van der Waals surface area contributed by atoms with E-state index in [0.717, 1.165) is 16.3 Å². The molecule has 3 rings (SSSR count). The van der Waals surface area contributed by atoms with E-state index < -0.39 is 0 Å². The third kappa shape index (κ3) is 1.99. The first-order valence-electron chi connectivity index (χ1n) is 6.74. The molecule has 0 aliphatic heterocycles. The largest absolute Gasteiger partial charge is 0.469 e. The quantitative estimate of drug-likeness (QED) is 0.634. The molecule has 1 aliphatic rings. The van der Waals surface area contributed by atoms with Gasteiger partial charge in [-0.05, 0) is 29.7 Å². The van der Waals surface area contributed by atoms with E-state index in [1.54, 1.807) is 0 Å². The molecule has 0 amide bonds. The van der Waals surface area contributed by atoms with Crippen LogP contribution in [0.3, 0.4) is 0 Å². The molecule has 0 unspecified atom stereocenters. The van der Waals surface area contributed by atoms with Crippen LogP contribution in [0.4, 0.5) is 0 Å². The molecule has 20 heavy (non-hydrogen) atoms. The lowest BCUT2D eigenvalue weighted by Crippen LogP contribution is -2.10. The topological polar surface area (TPSA) is 43.4 Å². The van der Waals surface area contributed by atoms with Crippen LogP contribution in [-0.2, 0) is 9.53 Å². The average Bonchev–Trinajstić information content (AvgIpc) is 3.27. The van der Waals surface area contributed by atoms with Gasteiger partial charge in [-0.3, -0.25) is 9.59 Å². The Bertz CT molecular complexity index is 702. The van der Waals surface area contributed by atoms with Gasteiger partial charge in [-0.2, -0.15) is 0 Å². The predicted octanol–water partition coefficient (Wildman–Crippen LogP) is 3.14. The van der Waals surface area contributed by atoms with Gasteiger partial charge in [0.1, 0.15) is 0 Å². The Labute approximate surface area is 117 Å². The fourth-order valence-corrected chi connectivity index (χ4v) is 2.76. The summed E-state index contributed by atoms with van der Waals surface area (Å²) in [6.45, 7) is 2.03. The molecule has 3 heteroatoms. The highest BCUT2D eigenvalue weighted by Crippen LogP contribution is 2.42. The van der Waals surface area contributed by atoms with Crippen molar-refractivity contribution in [2.45, 2.75) is 13.3 Å². The van der Waals surface area contributed by atoms with E-state index in [-0.39, 0.29) is 23.6 Å². The van der Waals surface area contributed by atoms with Crippen LogP contribution >= 0.6 is 0 Å². The van der Waals surface area contributed by atoms with Gasteiger partial charge >= 0.3 is 5.97 Å². The molecule has 2 aromatic carbocycles. The molecule has 0 radical (unpaired) electrons. The minimum absolute atomic E-state index is 0.0524. The molecule has 1 saturated carbocycles. The number of rotatable bonds is 3. The fraction of sp³-hybridized carbons (Fsp3) is 0.294. The van der Waals surface area contributed by atoms with Crippen molar-refractivity contribution in [2.24, 2.45) is 11.8 Å². The van der Waals surface area contributed by atoms with Crippen molar-refractivity contribution in [3.05, 3.63) is 47.5 Å². The predicted molar refractivity (Wildman–Crippen MR) is 76.6 cm³/mol. The van der Waals surface area contributed by atoms with E-state index in [2.05, 4.69) is 0 Å². The number of Topliss-reactive ketones (excluding diaryl/α,β-unsaturated/α-hetero) is 1. The van der Waals surface area contributed by atoms with E-state index in [9.17, 15) is 9.59 Å². The number of carbonyl (C=O) groups excluding carboxylic acids is 2. The molecular formula is C17H16O3. The maximum atomic E-state index is 12.6. The number of hydrogen-bond acceptors (Lipinski definition) is 3. The first-order valence-corrected chi connectivity index (χ1v) is 6.74. The number of hydrogen-bond donors (Lipinski definition) is 0. The highest BCUT2D eigenvalue weighted by atomic mass is 16.5. The maximum absolute atomic E-state index is 12.6. The Morgan fingerprint density at radius 1 is 1.05 bits per heavy atom. The Hall–Kier alpha value is -2.16. The summed E-state index contributed by atoms with van der Waals surface area (Å²) in [5.74, 6) is -0.697. The van der Waals surface area contributed by atoms with Gasteiger partial charge in [0.05, 0.1) is 13.0 Å². The number of esters is 1. The number of ether oxygens (including phenoxy) is 1. The van der Waals surface area contributed by atoms with Crippen LogP contribution in [0.2, 0.25) is 0 Å².